The van der Waals surface area contributed by atoms with E-state index in [0.29, 0.717) is 18.3 Å². The second-order valence-electron chi connectivity index (χ2n) is 5.97. The van der Waals surface area contributed by atoms with Gasteiger partial charge in [0.1, 0.15) is 0 Å². The van der Waals surface area contributed by atoms with Crippen molar-refractivity contribution in [3.05, 3.63) is 48.1 Å². The van der Waals surface area contributed by atoms with Crippen LogP contribution in [0, 0.1) is 5.92 Å². The van der Waals surface area contributed by atoms with Crippen molar-refractivity contribution in [2.24, 2.45) is 5.92 Å². The summed E-state index contributed by atoms with van der Waals surface area (Å²) in [6.07, 6.45) is 5.98. The van der Waals surface area contributed by atoms with Gasteiger partial charge in [0.05, 0.1) is 12.5 Å². The quantitative estimate of drug-likeness (QED) is 0.851. The van der Waals surface area contributed by atoms with Gasteiger partial charge in [0, 0.05) is 7.05 Å². The SMILES string of the molecule is CN(Cc1ncon1)C(=O)C(c1ccccc1)C1CCCC1. The van der Waals surface area contributed by atoms with Crippen molar-refractivity contribution in [3.63, 3.8) is 0 Å². The molecule has 1 heterocycles. The summed E-state index contributed by atoms with van der Waals surface area (Å²) in [5.41, 5.74) is 1.11. The van der Waals surface area contributed by atoms with Crippen molar-refractivity contribution in [3.8, 4) is 0 Å². The predicted octanol–water partition coefficient (Wildman–Crippen LogP) is 3.00. The summed E-state index contributed by atoms with van der Waals surface area (Å²) >= 11 is 0. The van der Waals surface area contributed by atoms with Crippen molar-refractivity contribution in [1.82, 2.24) is 15.0 Å². The molecule has 5 heteroatoms. The first-order valence-corrected chi connectivity index (χ1v) is 7.81. The molecular weight excluding hydrogens is 278 g/mol. The Morgan fingerprint density at radius 1 is 1.32 bits per heavy atom. The minimum Gasteiger partial charge on any atom is -0.343 e. The molecule has 2 aromatic rings. The molecule has 0 N–H and O–H groups in total. The van der Waals surface area contributed by atoms with Crippen LogP contribution in [0.1, 0.15) is 43.0 Å². The molecule has 1 aliphatic carbocycles. The third-order valence-electron chi connectivity index (χ3n) is 4.46. The van der Waals surface area contributed by atoms with Crippen LogP contribution >= 0.6 is 0 Å². The molecule has 1 aromatic heterocycles. The largest absolute Gasteiger partial charge is 0.343 e. The van der Waals surface area contributed by atoms with Gasteiger partial charge in [0.2, 0.25) is 12.3 Å². The van der Waals surface area contributed by atoms with Gasteiger partial charge in [-0.25, -0.2) is 0 Å². The van der Waals surface area contributed by atoms with Gasteiger partial charge < -0.3 is 9.42 Å². The van der Waals surface area contributed by atoms with E-state index >= 15 is 0 Å². The molecule has 5 nitrogen and oxygen atoms in total. The molecule has 116 valence electrons. The van der Waals surface area contributed by atoms with E-state index in [1.807, 2.05) is 25.2 Å². The number of aromatic nitrogens is 2. The van der Waals surface area contributed by atoms with Crippen LogP contribution in [-0.2, 0) is 11.3 Å². The van der Waals surface area contributed by atoms with Gasteiger partial charge in [-0.2, -0.15) is 4.98 Å². The monoisotopic (exact) mass is 299 g/mol. The van der Waals surface area contributed by atoms with Crippen LogP contribution in [0.15, 0.2) is 41.2 Å². The van der Waals surface area contributed by atoms with Gasteiger partial charge in [0.25, 0.3) is 0 Å². The van der Waals surface area contributed by atoms with Crippen molar-refractivity contribution in [2.75, 3.05) is 7.05 Å². The molecule has 1 aromatic carbocycles. The topological polar surface area (TPSA) is 59.2 Å². The molecule has 1 amide bonds. The Morgan fingerprint density at radius 3 is 2.68 bits per heavy atom. The lowest BCUT2D eigenvalue weighted by Crippen LogP contribution is -2.34. The summed E-state index contributed by atoms with van der Waals surface area (Å²) in [7, 11) is 1.81. The molecule has 1 unspecified atom stereocenters. The Balaban J connectivity index is 1.80. The molecule has 3 rings (SSSR count). The Kier molecular flexibility index (Phi) is 4.51. The number of hydrogen-bond acceptors (Lipinski definition) is 4. The molecule has 0 spiro atoms. The maximum absolute atomic E-state index is 13.0. The van der Waals surface area contributed by atoms with E-state index in [1.165, 1.54) is 19.2 Å². The van der Waals surface area contributed by atoms with Crippen molar-refractivity contribution in [1.29, 1.82) is 0 Å². The molecule has 1 aliphatic rings. The molecular formula is C17H21N3O2. The molecule has 0 radical (unpaired) electrons. The summed E-state index contributed by atoms with van der Waals surface area (Å²) in [5, 5.41) is 3.79. The molecule has 0 saturated heterocycles. The molecule has 1 saturated carbocycles. The summed E-state index contributed by atoms with van der Waals surface area (Å²) in [4.78, 5) is 18.7. The van der Waals surface area contributed by atoms with Crippen LogP contribution in [0.4, 0.5) is 0 Å². The first-order valence-electron chi connectivity index (χ1n) is 7.81. The van der Waals surface area contributed by atoms with Gasteiger partial charge in [-0.05, 0) is 24.3 Å². The average Bonchev–Trinajstić information content (AvgIpc) is 3.22. The number of rotatable bonds is 5. The lowest BCUT2D eigenvalue weighted by atomic mass is 9.84. The molecule has 0 aliphatic heterocycles. The highest BCUT2D eigenvalue weighted by Crippen LogP contribution is 2.38. The van der Waals surface area contributed by atoms with Crippen molar-refractivity contribution < 1.29 is 9.32 Å². The van der Waals surface area contributed by atoms with Crippen LogP contribution < -0.4 is 0 Å². The first kappa shape index (κ1) is 14.8. The third kappa shape index (κ3) is 3.18. The fourth-order valence-electron chi connectivity index (χ4n) is 3.36. The van der Waals surface area contributed by atoms with Crippen LogP contribution in [0.25, 0.3) is 0 Å². The maximum atomic E-state index is 13.0. The molecule has 0 bridgehead atoms. The average molecular weight is 299 g/mol. The van der Waals surface area contributed by atoms with Crippen LogP contribution in [-0.4, -0.2) is 28.0 Å². The van der Waals surface area contributed by atoms with E-state index in [0.717, 1.165) is 18.4 Å². The van der Waals surface area contributed by atoms with Crippen LogP contribution in [0.3, 0.4) is 0 Å². The van der Waals surface area contributed by atoms with Crippen LogP contribution in [0.5, 0.6) is 0 Å². The Bertz CT molecular complexity index is 592. The summed E-state index contributed by atoms with van der Waals surface area (Å²) < 4.78 is 4.74. The van der Waals surface area contributed by atoms with Gasteiger partial charge >= 0.3 is 0 Å². The number of likely N-dealkylation sites (N-methyl/N-ethyl adjacent to an activating group) is 1. The molecule has 1 atom stereocenters. The normalized spacial score (nSPS) is 16.6. The standard InChI is InChI=1S/C17H21N3O2/c1-20(11-15-18-12-22-19-15)17(21)16(14-9-5-6-10-14)13-7-3-2-4-8-13/h2-4,7-8,12,14,16H,5-6,9-11H2,1H3. The number of nitrogens with zero attached hydrogens (tertiary/aromatic N) is 3. The highest BCUT2D eigenvalue weighted by Gasteiger charge is 2.33. The Labute approximate surface area is 130 Å². The highest BCUT2D eigenvalue weighted by atomic mass is 16.5. The van der Waals surface area contributed by atoms with E-state index in [-0.39, 0.29) is 11.8 Å². The van der Waals surface area contributed by atoms with Crippen molar-refractivity contribution in [2.45, 2.75) is 38.1 Å². The zero-order chi connectivity index (χ0) is 15.4. The molecule has 1 fully saturated rings. The second-order valence-corrected chi connectivity index (χ2v) is 5.97. The Morgan fingerprint density at radius 2 is 2.05 bits per heavy atom. The number of amides is 1. The van der Waals surface area contributed by atoms with E-state index < -0.39 is 0 Å². The molecule has 22 heavy (non-hydrogen) atoms. The van der Waals surface area contributed by atoms with Gasteiger partial charge in [-0.15, -0.1) is 0 Å². The highest BCUT2D eigenvalue weighted by molar-refractivity contribution is 5.83. The first-order chi connectivity index (χ1) is 10.8. The van der Waals surface area contributed by atoms with Crippen molar-refractivity contribution >= 4 is 5.91 Å². The minimum atomic E-state index is -0.0689. The number of carbonyl (C=O) groups excluding carboxylic acids is 1. The van der Waals surface area contributed by atoms with Gasteiger partial charge in [-0.3, -0.25) is 4.79 Å². The predicted molar refractivity (Wildman–Crippen MR) is 81.9 cm³/mol. The fourth-order valence-corrected chi connectivity index (χ4v) is 3.36. The second kappa shape index (κ2) is 6.73. The van der Waals surface area contributed by atoms with Gasteiger partial charge in [0.15, 0.2) is 5.82 Å². The maximum Gasteiger partial charge on any atom is 0.230 e. The van der Waals surface area contributed by atoms with Crippen LogP contribution in [0.2, 0.25) is 0 Å². The summed E-state index contributed by atoms with van der Waals surface area (Å²) in [6, 6.07) is 10.1. The third-order valence-corrected chi connectivity index (χ3v) is 4.46. The Hall–Kier alpha value is -2.17. The lowest BCUT2D eigenvalue weighted by Gasteiger charge is -2.27. The number of benzene rings is 1. The number of carbonyl (C=O) groups is 1. The lowest BCUT2D eigenvalue weighted by molar-refractivity contribution is -0.133. The minimum absolute atomic E-state index is 0.0689. The van der Waals surface area contributed by atoms with Gasteiger partial charge in [-0.1, -0.05) is 48.3 Å². The summed E-state index contributed by atoms with van der Waals surface area (Å²) in [5.74, 6) is 1.04. The van der Waals surface area contributed by atoms with E-state index in [1.54, 1.807) is 4.90 Å². The number of hydrogen-bond donors (Lipinski definition) is 0. The zero-order valence-corrected chi connectivity index (χ0v) is 12.8. The summed E-state index contributed by atoms with van der Waals surface area (Å²) in [6.45, 7) is 0.380. The zero-order valence-electron chi connectivity index (χ0n) is 12.8. The van der Waals surface area contributed by atoms with E-state index in [2.05, 4.69) is 22.3 Å². The fraction of sp³-hybridized carbons (Fsp3) is 0.471. The van der Waals surface area contributed by atoms with E-state index in [9.17, 15) is 4.79 Å². The van der Waals surface area contributed by atoms with E-state index in [4.69, 9.17) is 4.52 Å². The smallest absolute Gasteiger partial charge is 0.230 e.